The van der Waals surface area contributed by atoms with E-state index in [1.165, 1.54) is 6.33 Å². The molecule has 0 spiro atoms. The average Bonchev–Trinajstić information content (AvgIpc) is 2.34. The lowest BCUT2D eigenvalue weighted by Crippen LogP contribution is -2.04. The molecule has 1 heterocycles. The van der Waals surface area contributed by atoms with Crippen molar-refractivity contribution >= 4 is 51.5 Å². The van der Waals surface area contributed by atoms with Gasteiger partial charge >= 0.3 is 0 Å². The van der Waals surface area contributed by atoms with Crippen LogP contribution in [0.4, 0.5) is 17.3 Å². The Balaban J connectivity index is 2.40. The van der Waals surface area contributed by atoms with Crippen molar-refractivity contribution in [3.63, 3.8) is 0 Å². The maximum atomic E-state index is 6.14. The summed E-state index contributed by atoms with van der Waals surface area (Å²) in [4.78, 5) is 8.20. The van der Waals surface area contributed by atoms with Crippen LogP contribution in [0, 0.1) is 3.57 Å². The van der Waals surface area contributed by atoms with Gasteiger partial charge in [0.05, 0.1) is 10.7 Å². The number of nitrogens with zero attached hydrogens (tertiary/aromatic N) is 2. The largest absolute Gasteiger partial charge is 0.383 e. The summed E-state index contributed by atoms with van der Waals surface area (Å²) in [6, 6.07) is 5.76. The fourth-order valence-electron chi connectivity index (χ4n) is 1.60. The molecule has 0 bridgehead atoms. The molecule has 0 amide bonds. The third-order valence-electron chi connectivity index (χ3n) is 2.51. The molecule has 0 unspecified atom stereocenters. The van der Waals surface area contributed by atoms with Gasteiger partial charge in [-0.3, -0.25) is 0 Å². The van der Waals surface area contributed by atoms with Crippen LogP contribution in [-0.2, 0) is 6.42 Å². The van der Waals surface area contributed by atoms with Gasteiger partial charge in [-0.2, -0.15) is 0 Å². The minimum absolute atomic E-state index is 0.497. The van der Waals surface area contributed by atoms with Gasteiger partial charge in [0.2, 0.25) is 0 Å². The molecule has 1 aromatic carbocycles. The van der Waals surface area contributed by atoms with Crippen LogP contribution in [0.25, 0.3) is 0 Å². The summed E-state index contributed by atoms with van der Waals surface area (Å²) >= 11 is 8.37. The number of nitrogens with one attached hydrogen (secondary N) is 1. The minimum atomic E-state index is 0.497. The number of halogens is 2. The Morgan fingerprint density at radius 3 is 2.89 bits per heavy atom. The van der Waals surface area contributed by atoms with E-state index in [1.54, 1.807) is 0 Å². The predicted octanol–water partition coefficient (Wildman–Crippen LogP) is 3.62. The van der Waals surface area contributed by atoms with Crippen molar-refractivity contribution < 1.29 is 0 Å². The third-order valence-corrected chi connectivity index (χ3v) is 3.51. The molecule has 0 aliphatic rings. The highest BCUT2D eigenvalue weighted by Crippen LogP contribution is 2.28. The van der Waals surface area contributed by atoms with Crippen molar-refractivity contribution in [2.24, 2.45) is 0 Å². The van der Waals surface area contributed by atoms with Crippen LogP contribution >= 0.6 is 34.2 Å². The Morgan fingerprint density at radius 1 is 1.39 bits per heavy atom. The van der Waals surface area contributed by atoms with E-state index in [0.717, 1.165) is 21.2 Å². The summed E-state index contributed by atoms with van der Waals surface area (Å²) < 4.78 is 1.10. The summed E-state index contributed by atoms with van der Waals surface area (Å²) in [5.41, 5.74) is 7.54. The number of hydrogen-bond acceptors (Lipinski definition) is 4. The highest BCUT2D eigenvalue weighted by Gasteiger charge is 2.09. The first kappa shape index (κ1) is 13.4. The monoisotopic (exact) mass is 374 g/mol. The molecular weight excluding hydrogens is 363 g/mol. The number of hydrogen-bond donors (Lipinski definition) is 2. The molecule has 6 heteroatoms. The number of rotatable bonds is 3. The second-order valence-corrected chi connectivity index (χ2v) is 5.34. The van der Waals surface area contributed by atoms with Gasteiger partial charge in [-0.15, -0.1) is 0 Å². The Kier molecular flexibility index (Phi) is 4.23. The van der Waals surface area contributed by atoms with E-state index in [0.29, 0.717) is 16.7 Å². The Morgan fingerprint density at radius 2 is 2.17 bits per heavy atom. The van der Waals surface area contributed by atoms with Crippen molar-refractivity contribution in [2.45, 2.75) is 13.3 Å². The zero-order valence-electron chi connectivity index (χ0n) is 9.74. The standard InChI is InChI=1S/C12H12ClIN4/c1-2-8-11(15)16-6-17-12(8)18-10-5-7(14)3-4-9(10)13/h3-6H,2H2,1H3,(H3,15,16,17,18). The molecule has 0 radical (unpaired) electrons. The van der Waals surface area contributed by atoms with Gasteiger partial charge in [-0.25, -0.2) is 9.97 Å². The van der Waals surface area contributed by atoms with Crippen LogP contribution in [0.15, 0.2) is 24.5 Å². The Labute approximate surface area is 124 Å². The molecule has 0 saturated heterocycles. The molecule has 2 rings (SSSR count). The first-order valence-electron chi connectivity index (χ1n) is 5.43. The summed E-state index contributed by atoms with van der Waals surface area (Å²) in [7, 11) is 0. The SMILES string of the molecule is CCc1c(N)ncnc1Nc1cc(I)ccc1Cl. The van der Waals surface area contributed by atoms with Gasteiger partial charge in [0.25, 0.3) is 0 Å². The van der Waals surface area contributed by atoms with Crippen molar-refractivity contribution in [2.75, 3.05) is 11.1 Å². The summed E-state index contributed by atoms with van der Waals surface area (Å²) in [6.45, 7) is 2.01. The molecule has 94 valence electrons. The minimum Gasteiger partial charge on any atom is -0.383 e. The maximum absolute atomic E-state index is 6.14. The summed E-state index contributed by atoms with van der Waals surface area (Å²) in [5, 5.41) is 3.85. The number of aromatic nitrogens is 2. The van der Waals surface area contributed by atoms with Crippen LogP contribution in [0.5, 0.6) is 0 Å². The van der Waals surface area contributed by atoms with Crippen LogP contribution in [0.1, 0.15) is 12.5 Å². The zero-order chi connectivity index (χ0) is 13.1. The molecule has 0 atom stereocenters. The highest BCUT2D eigenvalue weighted by atomic mass is 127. The van der Waals surface area contributed by atoms with Crippen molar-refractivity contribution in [1.29, 1.82) is 0 Å². The van der Waals surface area contributed by atoms with Gasteiger partial charge in [-0.05, 0) is 47.2 Å². The van der Waals surface area contributed by atoms with E-state index < -0.39 is 0 Å². The second kappa shape index (κ2) is 5.71. The highest BCUT2D eigenvalue weighted by molar-refractivity contribution is 14.1. The van der Waals surface area contributed by atoms with Crippen molar-refractivity contribution in [3.05, 3.63) is 38.7 Å². The molecule has 18 heavy (non-hydrogen) atoms. The van der Waals surface area contributed by atoms with E-state index >= 15 is 0 Å². The Hall–Kier alpha value is -1.08. The van der Waals surface area contributed by atoms with Gasteiger partial charge in [0.1, 0.15) is 18.0 Å². The summed E-state index contributed by atoms with van der Waals surface area (Å²) in [6.07, 6.45) is 2.20. The van der Waals surface area contributed by atoms with Crippen LogP contribution in [0.3, 0.4) is 0 Å². The van der Waals surface area contributed by atoms with E-state index in [9.17, 15) is 0 Å². The summed E-state index contributed by atoms with van der Waals surface area (Å²) in [5.74, 6) is 1.20. The molecule has 4 nitrogen and oxygen atoms in total. The number of nitrogens with two attached hydrogens (primary N) is 1. The van der Waals surface area contributed by atoms with E-state index in [1.807, 2.05) is 25.1 Å². The van der Waals surface area contributed by atoms with E-state index in [2.05, 4.69) is 37.9 Å². The molecule has 3 N–H and O–H groups in total. The number of anilines is 3. The lowest BCUT2D eigenvalue weighted by molar-refractivity contribution is 1.06. The first-order valence-corrected chi connectivity index (χ1v) is 6.89. The van der Waals surface area contributed by atoms with Crippen molar-refractivity contribution in [3.8, 4) is 0 Å². The molecule has 1 aromatic heterocycles. The predicted molar refractivity (Wildman–Crippen MR) is 83.3 cm³/mol. The topological polar surface area (TPSA) is 63.8 Å². The van der Waals surface area contributed by atoms with Crippen LogP contribution in [0.2, 0.25) is 5.02 Å². The van der Waals surface area contributed by atoms with E-state index in [4.69, 9.17) is 17.3 Å². The Bertz CT molecular complexity index is 574. The fourth-order valence-corrected chi connectivity index (χ4v) is 2.26. The van der Waals surface area contributed by atoms with Gasteiger partial charge in [0.15, 0.2) is 0 Å². The molecule has 2 aromatic rings. The first-order chi connectivity index (χ1) is 8.61. The number of nitrogen functional groups attached to an aromatic ring is 1. The quantitative estimate of drug-likeness (QED) is 0.806. The number of benzene rings is 1. The fraction of sp³-hybridized carbons (Fsp3) is 0.167. The average molecular weight is 375 g/mol. The molecule has 0 aliphatic carbocycles. The lowest BCUT2D eigenvalue weighted by Gasteiger charge is -2.12. The molecular formula is C12H12ClIN4. The maximum Gasteiger partial charge on any atom is 0.139 e. The molecule has 0 saturated carbocycles. The lowest BCUT2D eigenvalue weighted by atomic mass is 10.2. The van der Waals surface area contributed by atoms with Gasteiger partial charge in [0, 0.05) is 9.13 Å². The van der Waals surface area contributed by atoms with Gasteiger partial charge in [-0.1, -0.05) is 18.5 Å². The van der Waals surface area contributed by atoms with Crippen LogP contribution < -0.4 is 11.1 Å². The smallest absolute Gasteiger partial charge is 0.139 e. The van der Waals surface area contributed by atoms with Crippen LogP contribution in [-0.4, -0.2) is 9.97 Å². The zero-order valence-corrected chi connectivity index (χ0v) is 12.7. The van der Waals surface area contributed by atoms with Crippen molar-refractivity contribution in [1.82, 2.24) is 9.97 Å². The third kappa shape index (κ3) is 2.84. The normalized spacial score (nSPS) is 10.4. The second-order valence-electron chi connectivity index (χ2n) is 3.69. The molecule has 0 fully saturated rings. The van der Waals surface area contributed by atoms with E-state index in [-0.39, 0.29) is 0 Å². The van der Waals surface area contributed by atoms with Gasteiger partial charge < -0.3 is 11.1 Å². The molecule has 0 aliphatic heterocycles.